The predicted octanol–water partition coefficient (Wildman–Crippen LogP) is 1.12. The number of nitrogens with zero attached hydrogens (tertiary/aromatic N) is 6. The standard InChI is InChI=1S/C18H24N6O2/c25-17-3-1-2-8-22(17)9-14-6-7-18(26-10-14)11-23(12-18)16-5-4-15-20-19-13-24(15)21-16/h4-5,13-14H,1-3,6-12H2/t14-/m1/s1. The van der Waals surface area contributed by atoms with Crippen LogP contribution in [-0.4, -0.2) is 69.0 Å². The second-order valence-corrected chi connectivity index (χ2v) is 7.88. The van der Waals surface area contributed by atoms with Gasteiger partial charge >= 0.3 is 0 Å². The summed E-state index contributed by atoms with van der Waals surface area (Å²) in [6.45, 7) is 4.30. The van der Waals surface area contributed by atoms with Gasteiger partial charge in [0, 0.05) is 25.4 Å². The smallest absolute Gasteiger partial charge is 0.222 e. The van der Waals surface area contributed by atoms with E-state index < -0.39 is 0 Å². The predicted molar refractivity (Wildman–Crippen MR) is 94.8 cm³/mol. The Kier molecular flexibility index (Phi) is 3.81. The molecular formula is C18H24N6O2. The Morgan fingerprint density at radius 2 is 2.19 bits per heavy atom. The molecule has 0 unspecified atom stereocenters. The van der Waals surface area contributed by atoms with Crippen LogP contribution in [0.4, 0.5) is 5.82 Å². The number of ether oxygens (including phenoxy) is 1. The van der Waals surface area contributed by atoms with Crippen LogP contribution in [0.2, 0.25) is 0 Å². The lowest BCUT2D eigenvalue weighted by Crippen LogP contribution is -2.65. The molecule has 0 N–H and O–H groups in total. The van der Waals surface area contributed by atoms with Crippen LogP contribution in [0.15, 0.2) is 18.5 Å². The summed E-state index contributed by atoms with van der Waals surface area (Å²) in [5.41, 5.74) is 0.722. The van der Waals surface area contributed by atoms with Crippen molar-refractivity contribution >= 4 is 17.4 Å². The maximum atomic E-state index is 12.0. The minimum atomic E-state index is -0.0355. The van der Waals surface area contributed by atoms with Crippen LogP contribution in [0, 0.1) is 5.92 Å². The van der Waals surface area contributed by atoms with Gasteiger partial charge in [-0.25, -0.2) is 0 Å². The zero-order valence-corrected chi connectivity index (χ0v) is 14.9. The molecule has 8 heteroatoms. The van der Waals surface area contributed by atoms with Gasteiger partial charge in [0.25, 0.3) is 0 Å². The van der Waals surface area contributed by atoms with Crippen LogP contribution in [0.25, 0.3) is 5.65 Å². The van der Waals surface area contributed by atoms with Crippen LogP contribution in [0.5, 0.6) is 0 Å². The molecule has 0 bridgehead atoms. The van der Waals surface area contributed by atoms with Gasteiger partial charge in [-0.15, -0.1) is 15.3 Å². The first-order chi connectivity index (χ1) is 12.7. The Morgan fingerprint density at radius 3 is 3.00 bits per heavy atom. The minimum absolute atomic E-state index is 0.0355. The van der Waals surface area contributed by atoms with E-state index in [1.807, 2.05) is 17.0 Å². The summed E-state index contributed by atoms with van der Waals surface area (Å²) in [6.07, 6.45) is 6.72. The van der Waals surface area contributed by atoms with Crippen molar-refractivity contribution in [1.82, 2.24) is 24.7 Å². The van der Waals surface area contributed by atoms with Crippen molar-refractivity contribution in [3.8, 4) is 0 Å². The number of carbonyl (C=O) groups is 1. The lowest BCUT2D eigenvalue weighted by atomic mass is 9.82. The summed E-state index contributed by atoms with van der Waals surface area (Å²) in [4.78, 5) is 16.3. The molecule has 0 saturated carbocycles. The highest BCUT2D eigenvalue weighted by Gasteiger charge is 2.47. The third-order valence-corrected chi connectivity index (χ3v) is 5.96. The Morgan fingerprint density at radius 1 is 1.27 bits per heavy atom. The lowest BCUT2D eigenvalue weighted by Gasteiger charge is -2.53. The molecule has 1 amide bonds. The van der Waals surface area contributed by atoms with Crippen LogP contribution < -0.4 is 4.90 Å². The number of amides is 1. The summed E-state index contributed by atoms with van der Waals surface area (Å²) >= 11 is 0. The minimum Gasteiger partial charge on any atom is -0.371 e. The highest BCUT2D eigenvalue weighted by molar-refractivity contribution is 5.76. The number of piperidine rings is 1. The van der Waals surface area contributed by atoms with Gasteiger partial charge in [-0.05, 0) is 37.8 Å². The van der Waals surface area contributed by atoms with Gasteiger partial charge in [-0.3, -0.25) is 4.79 Å². The van der Waals surface area contributed by atoms with E-state index in [2.05, 4.69) is 20.2 Å². The maximum Gasteiger partial charge on any atom is 0.222 e. The molecule has 1 atom stereocenters. The van der Waals surface area contributed by atoms with Crippen molar-refractivity contribution in [3.05, 3.63) is 18.5 Å². The molecule has 26 heavy (non-hydrogen) atoms. The Labute approximate surface area is 152 Å². The number of anilines is 1. The SMILES string of the molecule is O=C1CCCCN1C[C@H]1CCC2(CN(c3ccc4nncn4n3)C2)OC1. The quantitative estimate of drug-likeness (QED) is 0.820. The highest BCUT2D eigenvalue weighted by atomic mass is 16.5. The molecule has 0 aromatic carbocycles. The van der Waals surface area contributed by atoms with Crippen LogP contribution in [-0.2, 0) is 9.53 Å². The summed E-state index contributed by atoms with van der Waals surface area (Å²) in [6, 6.07) is 3.93. The molecular weight excluding hydrogens is 332 g/mol. The molecule has 3 aliphatic rings. The van der Waals surface area contributed by atoms with E-state index in [9.17, 15) is 4.79 Å². The molecule has 3 aliphatic heterocycles. The Bertz CT molecular complexity index is 805. The van der Waals surface area contributed by atoms with E-state index in [0.717, 1.165) is 76.4 Å². The van der Waals surface area contributed by atoms with Gasteiger partial charge in [0.2, 0.25) is 5.91 Å². The maximum absolute atomic E-state index is 12.0. The van der Waals surface area contributed by atoms with Gasteiger partial charge < -0.3 is 14.5 Å². The average Bonchev–Trinajstić information content (AvgIpc) is 3.10. The van der Waals surface area contributed by atoms with Crippen molar-refractivity contribution in [1.29, 1.82) is 0 Å². The fourth-order valence-corrected chi connectivity index (χ4v) is 4.38. The van der Waals surface area contributed by atoms with E-state index in [1.165, 1.54) is 0 Å². The number of carbonyl (C=O) groups excluding carboxylic acids is 1. The number of hydrogen-bond acceptors (Lipinski definition) is 6. The normalized spacial score (nSPS) is 25.7. The lowest BCUT2D eigenvalue weighted by molar-refractivity contribution is -0.139. The second-order valence-electron chi connectivity index (χ2n) is 7.88. The first kappa shape index (κ1) is 16.0. The third kappa shape index (κ3) is 2.82. The fraction of sp³-hybridized carbons (Fsp3) is 0.667. The summed E-state index contributed by atoms with van der Waals surface area (Å²) in [5, 5.41) is 12.4. The van der Waals surface area contributed by atoms with Crippen molar-refractivity contribution in [2.45, 2.75) is 37.7 Å². The molecule has 3 fully saturated rings. The largest absolute Gasteiger partial charge is 0.371 e. The van der Waals surface area contributed by atoms with Gasteiger partial charge in [-0.2, -0.15) is 4.52 Å². The number of likely N-dealkylation sites (tertiary alicyclic amines) is 1. The van der Waals surface area contributed by atoms with Gasteiger partial charge in [-0.1, -0.05) is 0 Å². The molecule has 8 nitrogen and oxygen atoms in total. The topological polar surface area (TPSA) is 75.9 Å². The van der Waals surface area contributed by atoms with Crippen molar-refractivity contribution in [2.24, 2.45) is 5.92 Å². The van der Waals surface area contributed by atoms with E-state index in [4.69, 9.17) is 4.74 Å². The number of aromatic nitrogens is 4. The second kappa shape index (κ2) is 6.19. The van der Waals surface area contributed by atoms with E-state index in [1.54, 1.807) is 10.8 Å². The van der Waals surface area contributed by atoms with E-state index >= 15 is 0 Å². The highest BCUT2D eigenvalue weighted by Crippen LogP contribution is 2.38. The monoisotopic (exact) mass is 356 g/mol. The van der Waals surface area contributed by atoms with Crippen LogP contribution in [0.1, 0.15) is 32.1 Å². The number of hydrogen-bond donors (Lipinski definition) is 0. The zero-order valence-electron chi connectivity index (χ0n) is 14.9. The summed E-state index contributed by atoms with van der Waals surface area (Å²) in [7, 11) is 0. The molecule has 5 rings (SSSR count). The van der Waals surface area contributed by atoms with Crippen molar-refractivity contribution in [3.63, 3.8) is 0 Å². The number of fused-ring (bicyclic) bond motifs is 1. The van der Waals surface area contributed by atoms with Gasteiger partial charge in [0.05, 0.1) is 19.7 Å². The molecule has 0 aliphatic carbocycles. The average molecular weight is 356 g/mol. The first-order valence-electron chi connectivity index (χ1n) is 9.55. The van der Waals surface area contributed by atoms with E-state index in [0.29, 0.717) is 11.8 Å². The molecule has 0 radical (unpaired) electrons. The number of rotatable bonds is 3. The van der Waals surface area contributed by atoms with Crippen molar-refractivity contribution < 1.29 is 9.53 Å². The third-order valence-electron chi connectivity index (χ3n) is 5.96. The first-order valence-corrected chi connectivity index (χ1v) is 9.55. The Balaban J connectivity index is 1.16. The van der Waals surface area contributed by atoms with Crippen LogP contribution >= 0.6 is 0 Å². The molecule has 2 aromatic rings. The van der Waals surface area contributed by atoms with Gasteiger partial charge in [0.1, 0.15) is 17.7 Å². The molecule has 2 aromatic heterocycles. The molecule has 1 spiro atoms. The summed E-state index contributed by atoms with van der Waals surface area (Å²) in [5.74, 6) is 1.73. The molecule has 3 saturated heterocycles. The van der Waals surface area contributed by atoms with E-state index in [-0.39, 0.29) is 5.60 Å². The van der Waals surface area contributed by atoms with Gasteiger partial charge in [0.15, 0.2) is 5.65 Å². The Hall–Kier alpha value is -2.22. The summed E-state index contributed by atoms with van der Waals surface area (Å²) < 4.78 is 7.98. The fourth-order valence-electron chi connectivity index (χ4n) is 4.38. The van der Waals surface area contributed by atoms with Crippen LogP contribution in [0.3, 0.4) is 0 Å². The van der Waals surface area contributed by atoms with Crippen molar-refractivity contribution in [2.75, 3.05) is 37.7 Å². The molecule has 138 valence electrons. The molecule has 5 heterocycles. The zero-order chi connectivity index (χ0) is 17.6.